The van der Waals surface area contributed by atoms with Crippen LogP contribution in [0.1, 0.15) is 13.8 Å². The average Bonchev–Trinajstić information content (AvgIpc) is 2.01. The first-order valence-electron chi connectivity index (χ1n) is 3.66. The molecule has 0 heterocycles. The summed E-state index contributed by atoms with van der Waals surface area (Å²) in [6.45, 7) is 3.30. The van der Waals surface area contributed by atoms with Crippen LogP contribution in [0.4, 0.5) is 8.78 Å². The number of alkyl halides is 3. The topological polar surface area (TPSA) is 46.2 Å². The molecular weight excluding hydrogens is 268 g/mol. The van der Waals surface area contributed by atoms with Gasteiger partial charge in [-0.3, -0.25) is 0 Å². The lowest BCUT2D eigenvalue weighted by atomic mass is 10.1. The van der Waals surface area contributed by atoms with Gasteiger partial charge in [0, 0.05) is 11.4 Å². The predicted octanol–water partition coefficient (Wildman–Crippen LogP) is 1.55. The molecule has 3 nitrogen and oxygen atoms in total. The van der Waals surface area contributed by atoms with E-state index in [1.165, 1.54) is 0 Å². The molecule has 0 aliphatic heterocycles. The van der Waals surface area contributed by atoms with Crippen LogP contribution >= 0.6 is 15.9 Å². The van der Waals surface area contributed by atoms with Crippen molar-refractivity contribution in [2.75, 3.05) is 5.33 Å². The highest BCUT2D eigenvalue weighted by molar-refractivity contribution is 9.09. The Morgan fingerprint density at radius 2 is 1.85 bits per heavy atom. The lowest BCUT2D eigenvalue weighted by molar-refractivity contribution is 0.230. The zero-order valence-corrected chi connectivity index (χ0v) is 9.70. The second-order valence-corrected chi connectivity index (χ2v) is 5.17. The van der Waals surface area contributed by atoms with Gasteiger partial charge in [-0.1, -0.05) is 22.9 Å². The number of halogens is 3. The highest BCUT2D eigenvalue weighted by Gasteiger charge is 2.27. The lowest BCUT2D eigenvalue weighted by Crippen LogP contribution is -2.40. The van der Waals surface area contributed by atoms with Crippen molar-refractivity contribution in [3.05, 3.63) is 0 Å². The standard InChI is InChI=1S/C6H12BrF2NO2S/c1-4(3-7)5(2)10-13(11,12)6(8)9/h4-6,10H,3H2,1-2H3. The van der Waals surface area contributed by atoms with E-state index in [4.69, 9.17) is 0 Å². The first-order valence-corrected chi connectivity index (χ1v) is 6.33. The minimum Gasteiger partial charge on any atom is -0.207 e. The molecule has 80 valence electrons. The Bertz CT molecular complexity index is 245. The largest absolute Gasteiger partial charge is 0.350 e. The second-order valence-electron chi connectivity index (χ2n) is 2.84. The first kappa shape index (κ1) is 13.2. The maximum absolute atomic E-state index is 11.9. The number of hydrogen-bond donors (Lipinski definition) is 1. The quantitative estimate of drug-likeness (QED) is 0.777. The van der Waals surface area contributed by atoms with Crippen molar-refractivity contribution < 1.29 is 17.2 Å². The molecule has 0 aromatic carbocycles. The zero-order valence-electron chi connectivity index (χ0n) is 7.30. The van der Waals surface area contributed by atoms with E-state index in [-0.39, 0.29) is 5.92 Å². The van der Waals surface area contributed by atoms with E-state index < -0.39 is 21.8 Å². The van der Waals surface area contributed by atoms with Gasteiger partial charge in [0.05, 0.1) is 0 Å². The van der Waals surface area contributed by atoms with Gasteiger partial charge in [-0.25, -0.2) is 13.1 Å². The van der Waals surface area contributed by atoms with Gasteiger partial charge in [-0.05, 0) is 12.8 Å². The summed E-state index contributed by atoms with van der Waals surface area (Å²) in [6.07, 6.45) is 0. The van der Waals surface area contributed by atoms with Gasteiger partial charge < -0.3 is 0 Å². The zero-order chi connectivity index (χ0) is 10.6. The third-order valence-corrected chi connectivity index (χ3v) is 3.87. The Morgan fingerprint density at radius 1 is 1.38 bits per heavy atom. The van der Waals surface area contributed by atoms with E-state index in [0.29, 0.717) is 5.33 Å². The van der Waals surface area contributed by atoms with E-state index in [1.807, 2.05) is 4.72 Å². The number of sulfonamides is 1. The van der Waals surface area contributed by atoms with Crippen LogP contribution in [0.3, 0.4) is 0 Å². The Morgan fingerprint density at radius 3 is 2.15 bits per heavy atom. The van der Waals surface area contributed by atoms with Gasteiger partial charge in [0.2, 0.25) is 0 Å². The molecule has 0 spiro atoms. The maximum Gasteiger partial charge on any atom is 0.350 e. The molecule has 0 aliphatic rings. The van der Waals surface area contributed by atoms with Gasteiger partial charge in [0.25, 0.3) is 10.0 Å². The summed E-state index contributed by atoms with van der Waals surface area (Å²) in [6, 6.07) is -0.502. The van der Waals surface area contributed by atoms with Crippen LogP contribution in [0.15, 0.2) is 0 Å². The van der Waals surface area contributed by atoms with Gasteiger partial charge in [0.15, 0.2) is 0 Å². The summed E-state index contributed by atoms with van der Waals surface area (Å²) in [7, 11) is -4.46. The van der Waals surface area contributed by atoms with Gasteiger partial charge >= 0.3 is 5.76 Å². The van der Waals surface area contributed by atoms with Crippen LogP contribution in [0, 0.1) is 5.92 Å². The average molecular weight is 280 g/mol. The van der Waals surface area contributed by atoms with Crippen LogP contribution in [-0.2, 0) is 10.0 Å². The Hall–Kier alpha value is 0.250. The Balaban J connectivity index is 4.29. The molecule has 2 unspecified atom stereocenters. The summed E-state index contributed by atoms with van der Waals surface area (Å²) < 4.78 is 47.0. The lowest BCUT2D eigenvalue weighted by Gasteiger charge is -2.18. The molecule has 2 atom stereocenters. The molecule has 0 rings (SSSR count). The van der Waals surface area contributed by atoms with Crippen molar-refractivity contribution in [2.24, 2.45) is 5.92 Å². The third kappa shape index (κ3) is 4.33. The monoisotopic (exact) mass is 279 g/mol. The Kier molecular flexibility index (Phi) is 5.31. The van der Waals surface area contributed by atoms with E-state index in [1.54, 1.807) is 13.8 Å². The smallest absolute Gasteiger partial charge is 0.207 e. The van der Waals surface area contributed by atoms with Crippen LogP contribution in [0.5, 0.6) is 0 Å². The summed E-state index contributed by atoms with van der Waals surface area (Å²) >= 11 is 3.14. The first-order chi connectivity index (χ1) is 5.81. The second kappa shape index (κ2) is 5.21. The van der Waals surface area contributed by atoms with Crippen molar-refractivity contribution in [2.45, 2.75) is 25.6 Å². The van der Waals surface area contributed by atoms with E-state index in [2.05, 4.69) is 15.9 Å². The number of hydrogen-bond acceptors (Lipinski definition) is 2. The minimum absolute atomic E-state index is 0.0338. The van der Waals surface area contributed by atoms with Gasteiger partial charge in [-0.15, -0.1) is 0 Å². The minimum atomic E-state index is -4.46. The molecule has 0 fully saturated rings. The van der Waals surface area contributed by atoms with Crippen molar-refractivity contribution in [3.8, 4) is 0 Å². The van der Waals surface area contributed by atoms with Crippen molar-refractivity contribution >= 4 is 26.0 Å². The van der Waals surface area contributed by atoms with Crippen molar-refractivity contribution in [1.29, 1.82) is 0 Å². The van der Waals surface area contributed by atoms with Crippen LogP contribution in [0.2, 0.25) is 0 Å². The van der Waals surface area contributed by atoms with E-state index >= 15 is 0 Å². The predicted molar refractivity (Wildman–Crippen MR) is 50.5 cm³/mol. The van der Waals surface area contributed by atoms with Crippen LogP contribution in [-0.4, -0.2) is 25.5 Å². The third-order valence-electron chi connectivity index (χ3n) is 1.68. The fourth-order valence-electron chi connectivity index (χ4n) is 0.560. The fraction of sp³-hybridized carbons (Fsp3) is 1.00. The van der Waals surface area contributed by atoms with Crippen molar-refractivity contribution in [3.63, 3.8) is 0 Å². The molecule has 0 saturated heterocycles. The van der Waals surface area contributed by atoms with Crippen LogP contribution in [0.25, 0.3) is 0 Å². The normalized spacial score (nSPS) is 17.4. The molecule has 0 aromatic heterocycles. The maximum atomic E-state index is 11.9. The summed E-state index contributed by atoms with van der Waals surface area (Å²) in [5, 5.41) is 0.555. The molecule has 13 heavy (non-hydrogen) atoms. The summed E-state index contributed by atoms with van der Waals surface area (Å²) in [5.41, 5.74) is 0. The van der Waals surface area contributed by atoms with E-state index in [0.717, 1.165) is 0 Å². The summed E-state index contributed by atoms with van der Waals surface area (Å²) in [4.78, 5) is 0. The van der Waals surface area contributed by atoms with Crippen LogP contribution < -0.4 is 4.72 Å². The van der Waals surface area contributed by atoms with Gasteiger partial charge in [-0.2, -0.15) is 8.78 Å². The summed E-state index contributed by atoms with van der Waals surface area (Å²) in [5.74, 6) is -3.40. The van der Waals surface area contributed by atoms with Gasteiger partial charge in [0.1, 0.15) is 0 Å². The molecule has 0 aliphatic carbocycles. The molecule has 1 N–H and O–H groups in total. The van der Waals surface area contributed by atoms with Crippen molar-refractivity contribution in [1.82, 2.24) is 4.72 Å². The SMILES string of the molecule is CC(CBr)C(C)NS(=O)(=O)C(F)F. The number of nitrogens with one attached hydrogen (secondary N) is 1. The molecule has 0 saturated carbocycles. The fourth-order valence-corrected chi connectivity index (χ4v) is 1.97. The Labute approximate surface area is 85.1 Å². The molecule has 0 aromatic rings. The number of rotatable bonds is 5. The highest BCUT2D eigenvalue weighted by atomic mass is 79.9. The molecule has 0 radical (unpaired) electrons. The molecular formula is C6H12BrF2NO2S. The molecule has 0 bridgehead atoms. The highest BCUT2D eigenvalue weighted by Crippen LogP contribution is 2.10. The molecule has 7 heteroatoms. The van der Waals surface area contributed by atoms with E-state index in [9.17, 15) is 17.2 Å². The molecule has 0 amide bonds.